The number of Topliss-reactive ketones (excluding diaryl/α,β-unsaturated/α-hetero) is 1. The number of halogens is 1. The number of carbonyl (C=O) groups excluding carboxylic acids is 1. The Hall–Kier alpha value is -2.76. The number of fused-ring (bicyclic) bond motifs is 1. The van der Waals surface area contributed by atoms with Crippen molar-refractivity contribution in [3.8, 4) is 6.07 Å². The van der Waals surface area contributed by atoms with Crippen molar-refractivity contribution in [1.29, 1.82) is 5.26 Å². The highest BCUT2D eigenvalue weighted by Crippen LogP contribution is 2.52. The number of hydrogen-bond acceptors (Lipinski definition) is 7. The van der Waals surface area contributed by atoms with E-state index in [1.807, 2.05) is 6.07 Å². The molecule has 4 rings (SSSR count). The van der Waals surface area contributed by atoms with E-state index in [1.165, 1.54) is 30.1 Å². The molecule has 1 aromatic carbocycles. The van der Waals surface area contributed by atoms with E-state index < -0.39 is 5.54 Å². The standard InChI is InChI=1S/C22H21FN4O2S/c1-29-20-6-7-22(16(20)12-30-21(25)27-22)15-8-13(2-4-17(15)23)9-19(28)18-5-3-14(10-24)11-26-18/h2-5,8,11,16,20H,6-7,9,12H2,1H3,(H2,25,27)/t16-,20+,22-/m1/s1. The molecule has 0 amide bonds. The molecule has 0 unspecified atom stereocenters. The quantitative estimate of drug-likeness (QED) is 0.740. The van der Waals surface area contributed by atoms with E-state index in [-0.39, 0.29) is 35.7 Å². The van der Waals surface area contributed by atoms with Gasteiger partial charge in [0.05, 0.1) is 17.2 Å². The first-order valence-corrected chi connectivity index (χ1v) is 10.6. The zero-order chi connectivity index (χ0) is 21.3. The molecule has 0 radical (unpaired) electrons. The molecule has 3 atom stereocenters. The van der Waals surface area contributed by atoms with Gasteiger partial charge in [-0.25, -0.2) is 4.39 Å². The van der Waals surface area contributed by atoms with Gasteiger partial charge in [-0.2, -0.15) is 5.26 Å². The van der Waals surface area contributed by atoms with Crippen molar-refractivity contribution in [1.82, 2.24) is 4.98 Å². The Kier molecular flexibility index (Phi) is 5.58. The molecular formula is C22H21FN4O2S. The first-order valence-electron chi connectivity index (χ1n) is 9.66. The minimum atomic E-state index is -0.772. The van der Waals surface area contributed by atoms with Crippen molar-refractivity contribution in [3.05, 3.63) is 64.7 Å². The molecule has 0 spiro atoms. The lowest BCUT2D eigenvalue weighted by atomic mass is 9.80. The Morgan fingerprint density at radius 1 is 1.43 bits per heavy atom. The van der Waals surface area contributed by atoms with Gasteiger partial charge in [-0.05, 0) is 42.7 Å². The molecule has 8 heteroatoms. The van der Waals surface area contributed by atoms with Crippen molar-refractivity contribution in [2.24, 2.45) is 16.6 Å². The Morgan fingerprint density at radius 2 is 2.27 bits per heavy atom. The largest absolute Gasteiger partial charge is 0.381 e. The molecule has 2 N–H and O–H groups in total. The summed E-state index contributed by atoms with van der Waals surface area (Å²) < 4.78 is 20.6. The number of rotatable bonds is 5. The van der Waals surface area contributed by atoms with Gasteiger partial charge in [0.1, 0.15) is 17.6 Å². The van der Waals surface area contributed by atoms with Crippen molar-refractivity contribution >= 4 is 22.7 Å². The number of methoxy groups -OCH3 is 1. The van der Waals surface area contributed by atoms with E-state index in [0.717, 1.165) is 6.42 Å². The lowest BCUT2D eigenvalue weighted by molar-refractivity contribution is 0.0645. The van der Waals surface area contributed by atoms with Crippen LogP contribution in [-0.4, -0.2) is 34.9 Å². The number of nitrogens with two attached hydrogens (primary N) is 1. The minimum Gasteiger partial charge on any atom is -0.381 e. The third kappa shape index (κ3) is 3.59. The molecule has 6 nitrogen and oxygen atoms in total. The zero-order valence-electron chi connectivity index (χ0n) is 16.5. The molecule has 2 aliphatic rings. The first-order chi connectivity index (χ1) is 14.5. The molecule has 1 saturated carbocycles. The van der Waals surface area contributed by atoms with Crippen LogP contribution in [0.15, 0.2) is 41.5 Å². The zero-order valence-corrected chi connectivity index (χ0v) is 17.3. The van der Waals surface area contributed by atoms with Crippen molar-refractivity contribution < 1.29 is 13.9 Å². The third-order valence-electron chi connectivity index (χ3n) is 5.94. The maximum Gasteiger partial charge on any atom is 0.185 e. The molecule has 1 fully saturated rings. The fourth-order valence-electron chi connectivity index (χ4n) is 4.44. The van der Waals surface area contributed by atoms with Gasteiger partial charge in [0.2, 0.25) is 0 Å². The van der Waals surface area contributed by atoms with Gasteiger partial charge in [-0.3, -0.25) is 14.8 Å². The van der Waals surface area contributed by atoms with Crippen LogP contribution >= 0.6 is 11.8 Å². The number of pyridine rings is 1. The van der Waals surface area contributed by atoms with Crippen molar-refractivity contribution in [2.75, 3.05) is 12.9 Å². The summed E-state index contributed by atoms with van der Waals surface area (Å²) in [5.41, 5.74) is 7.07. The van der Waals surface area contributed by atoms with Crippen LogP contribution < -0.4 is 5.73 Å². The Balaban J connectivity index is 1.67. The summed E-state index contributed by atoms with van der Waals surface area (Å²) in [5, 5.41) is 9.32. The molecular weight excluding hydrogens is 403 g/mol. The summed E-state index contributed by atoms with van der Waals surface area (Å²) >= 11 is 1.47. The molecule has 0 saturated heterocycles. The summed E-state index contributed by atoms with van der Waals surface area (Å²) in [5.74, 6) is 0.175. The predicted molar refractivity (Wildman–Crippen MR) is 113 cm³/mol. The number of aromatic nitrogens is 1. The van der Waals surface area contributed by atoms with Gasteiger partial charge >= 0.3 is 0 Å². The second-order valence-electron chi connectivity index (χ2n) is 7.56. The first kappa shape index (κ1) is 20.5. The number of thioether (sulfide) groups is 1. The van der Waals surface area contributed by atoms with Crippen molar-refractivity contribution in [3.63, 3.8) is 0 Å². The number of ketones is 1. The van der Waals surface area contributed by atoms with Crippen LogP contribution in [0.4, 0.5) is 4.39 Å². The van der Waals surface area contributed by atoms with Crippen LogP contribution in [0.5, 0.6) is 0 Å². The van der Waals surface area contributed by atoms with Crippen LogP contribution in [-0.2, 0) is 16.7 Å². The molecule has 0 bridgehead atoms. The number of amidine groups is 1. The number of nitriles is 1. The molecule has 2 aromatic rings. The minimum absolute atomic E-state index is 0.0121. The number of aliphatic imine (C=N–C) groups is 1. The predicted octanol–water partition coefficient (Wildman–Crippen LogP) is 3.20. The Bertz CT molecular complexity index is 1050. The summed E-state index contributed by atoms with van der Waals surface area (Å²) in [6, 6.07) is 9.80. The van der Waals surface area contributed by atoms with E-state index in [9.17, 15) is 4.79 Å². The number of nitrogens with zero attached hydrogens (tertiary/aromatic N) is 3. The van der Waals surface area contributed by atoms with Crippen molar-refractivity contribution in [2.45, 2.75) is 30.9 Å². The number of ether oxygens (including phenoxy) is 1. The van der Waals surface area contributed by atoms with Gasteiger partial charge in [-0.15, -0.1) is 0 Å². The topological polar surface area (TPSA) is 101 Å². The van der Waals surface area contributed by atoms with E-state index in [4.69, 9.17) is 20.7 Å². The highest BCUT2D eigenvalue weighted by molar-refractivity contribution is 8.13. The fourth-order valence-corrected chi connectivity index (χ4v) is 5.50. The normalized spacial score (nSPS) is 25.3. The summed E-state index contributed by atoms with van der Waals surface area (Å²) in [7, 11) is 1.67. The van der Waals surface area contributed by atoms with Crippen LogP contribution in [0.2, 0.25) is 0 Å². The van der Waals surface area contributed by atoms with E-state index in [2.05, 4.69) is 4.98 Å². The van der Waals surface area contributed by atoms with Gasteiger partial charge in [0, 0.05) is 37.0 Å². The molecule has 1 aliphatic carbocycles. The van der Waals surface area contributed by atoms with E-state index >= 15 is 4.39 Å². The third-order valence-corrected chi connectivity index (χ3v) is 6.85. The summed E-state index contributed by atoms with van der Waals surface area (Å²) in [6.07, 6.45) is 2.85. The van der Waals surface area contributed by atoms with E-state index in [1.54, 1.807) is 25.3 Å². The summed E-state index contributed by atoms with van der Waals surface area (Å²) in [6.45, 7) is 0. The highest BCUT2D eigenvalue weighted by Gasteiger charge is 2.53. The maximum atomic E-state index is 15.0. The van der Waals surface area contributed by atoms with Gasteiger partial charge < -0.3 is 10.5 Å². The Morgan fingerprint density at radius 3 is 2.97 bits per heavy atom. The highest BCUT2D eigenvalue weighted by atomic mass is 32.2. The summed E-state index contributed by atoms with van der Waals surface area (Å²) in [4.78, 5) is 21.4. The second-order valence-corrected chi connectivity index (χ2v) is 8.60. The van der Waals surface area contributed by atoms with E-state index in [0.29, 0.717) is 34.0 Å². The number of carbonyl (C=O) groups is 1. The average molecular weight is 425 g/mol. The molecule has 2 heterocycles. The maximum absolute atomic E-state index is 15.0. The molecule has 154 valence electrons. The lowest BCUT2D eigenvalue weighted by Gasteiger charge is -2.37. The van der Waals surface area contributed by atoms with Gasteiger partial charge in [0.25, 0.3) is 0 Å². The van der Waals surface area contributed by atoms with Crippen LogP contribution in [0.25, 0.3) is 0 Å². The fraction of sp³-hybridized carbons (Fsp3) is 0.364. The van der Waals surface area contributed by atoms with Crippen LogP contribution in [0.1, 0.15) is 40.0 Å². The van der Waals surface area contributed by atoms with Gasteiger partial charge in [0.15, 0.2) is 11.0 Å². The Labute approximate surface area is 178 Å². The molecule has 30 heavy (non-hydrogen) atoms. The molecule has 1 aromatic heterocycles. The average Bonchev–Trinajstić information content (AvgIpc) is 3.13. The van der Waals surface area contributed by atoms with Gasteiger partial charge in [-0.1, -0.05) is 17.8 Å². The smallest absolute Gasteiger partial charge is 0.185 e. The number of benzene rings is 1. The molecule has 1 aliphatic heterocycles. The van der Waals surface area contributed by atoms with Crippen LogP contribution in [0.3, 0.4) is 0 Å². The second kappa shape index (κ2) is 8.17. The monoisotopic (exact) mass is 424 g/mol. The van der Waals surface area contributed by atoms with Crippen LogP contribution in [0, 0.1) is 23.1 Å². The SMILES string of the molecule is CO[C@H]1CC[C@]2(c3cc(CC(=O)c4ccc(C#N)cn4)ccc3F)N=C(N)SC[C@H]12. The lowest BCUT2D eigenvalue weighted by Crippen LogP contribution is -2.41. The number of hydrogen-bond donors (Lipinski definition) is 1.